The number of thiophene rings is 1. The van der Waals surface area contributed by atoms with E-state index in [4.69, 9.17) is 0 Å². The summed E-state index contributed by atoms with van der Waals surface area (Å²) in [6.45, 7) is 1.95. The Morgan fingerprint density at radius 2 is 1.91 bits per heavy atom. The van der Waals surface area contributed by atoms with Crippen LogP contribution in [0.1, 0.15) is 11.8 Å². The van der Waals surface area contributed by atoms with Crippen molar-refractivity contribution in [2.24, 2.45) is 0 Å². The molecule has 0 fully saturated rings. The highest BCUT2D eigenvalue weighted by molar-refractivity contribution is 7.94. The number of aryl methyl sites for hydroxylation is 1. The quantitative estimate of drug-likeness (QED) is 0.755. The molecule has 0 saturated heterocycles. The summed E-state index contributed by atoms with van der Waals surface area (Å²) < 4.78 is 43.1. The number of sulfonamides is 1. The Bertz CT molecular complexity index is 915. The van der Waals surface area contributed by atoms with Gasteiger partial charge >= 0.3 is 0 Å². The van der Waals surface area contributed by atoms with Crippen LogP contribution in [0, 0.1) is 5.82 Å². The molecular weight excluding hydrogens is 335 g/mol. The van der Waals surface area contributed by atoms with Gasteiger partial charge in [0.05, 0.1) is 5.69 Å². The van der Waals surface area contributed by atoms with Crippen LogP contribution in [-0.2, 0) is 16.4 Å². The summed E-state index contributed by atoms with van der Waals surface area (Å²) in [6.07, 6.45) is 4.37. The number of aromatic nitrogens is 1. The minimum atomic E-state index is -3.79. The molecule has 3 aromatic rings. The van der Waals surface area contributed by atoms with Gasteiger partial charge in [-0.3, -0.25) is 4.72 Å². The number of hydrogen-bond donors (Lipinski definition) is 1. The first-order valence-electron chi connectivity index (χ1n) is 7.04. The van der Waals surface area contributed by atoms with Gasteiger partial charge in [-0.25, -0.2) is 12.8 Å². The molecule has 120 valence electrons. The largest absolute Gasteiger partial charge is 0.324 e. The van der Waals surface area contributed by atoms with Crippen molar-refractivity contribution in [2.45, 2.75) is 17.6 Å². The lowest BCUT2D eigenvalue weighted by Crippen LogP contribution is -2.13. The molecule has 0 unspecified atom stereocenters. The Balaban J connectivity index is 1.94. The fourth-order valence-electron chi connectivity index (χ4n) is 2.15. The number of halogens is 1. The second-order valence-corrected chi connectivity index (χ2v) is 8.01. The summed E-state index contributed by atoms with van der Waals surface area (Å²) in [7, 11) is -3.79. The maximum Gasteiger partial charge on any atom is 0.271 e. The first kappa shape index (κ1) is 15.8. The number of hydrogen-bond acceptors (Lipinski definition) is 3. The predicted octanol–water partition coefficient (Wildman–Crippen LogP) is 4.04. The molecule has 7 heteroatoms. The van der Waals surface area contributed by atoms with Gasteiger partial charge in [-0.1, -0.05) is 6.92 Å². The Labute approximate surface area is 138 Å². The van der Waals surface area contributed by atoms with Gasteiger partial charge in [0.1, 0.15) is 10.0 Å². The summed E-state index contributed by atoms with van der Waals surface area (Å²) in [5, 5.41) is 0. The highest BCUT2D eigenvalue weighted by Gasteiger charge is 2.19. The van der Waals surface area contributed by atoms with Crippen molar-refractivity contribution >= 4 is 27.0 Å². The van der Waals surface area contributed by atoms with E-state index < -0.39 is 15.8 Å². The minimum Gasteiger partial charge on any atom is -0.324 e. The Morgan fingerprint density at radius 3 is 2.57 bits per heavy atom. The molecule has 0 amide bonds. The van der Waals surface area contributed by atoms with Crippen LogP contribution in [0.4, 0.5) is 10.1 Å². The van der Waals surface area contributed by atoms with Crippen molar-refractivity contribution in [3.05, 3.63) is 65.6 Å². The van der Waals surface area contributed by atoms with Crippen LogP contribution in [0.3, 0.4) is 0 Å². The van der Waals surface area contributed by atoms with E-state index in [2.05, 4.69) is 4.72 Å². The van der Waals surface area contributed by atoms with E-state index in [1.54, 1.807) is 35.2 Å². The minimum absolute atomic E-state index is 0.0670. The zero-order valence-corrected chi connectivity index (χ0v) is 14.0. The molecule has 4 nitrogen and oxygen atoms in total. The smallest absolute Gasteiger partial charge is 0.271 e. The van der Waals surface area contributed by atoms with Crippen LogP contribution in [-0.4, -0.2) is 13.0 Å². The fraction of sp³-hybridized carbons (Fsp3) is 0.125. The number of nitrogens with one attached hydrogen (secondary N) is 1. The van der Waals surface area contributed by atoms with E-state index in [1.807, 2.05) is 19.1 Å². The molecule has 0 aliphatic carbocycles. The fourth-order valence-corrected chi connectivity index (χ4v) is 4.50. The van der Waals surface area contributed by atoms with Gasteiger partial charge < -0.3 is 4.57 Å². The SMILES string of the molecule is CCc1ccc(S(=O)(=O)Nc2cc(-n3cccc3)ccc2F)s1. The first-order valence-corrected chi connectivity index (χ1v) is 9.34. The van der Waals surface area contributed by atoms with Crippen LogP contribution < -0.4 is 4.72 Å². The van der Waals surface area contributed by atoms with Crippen molar-refractivity contribution in [3.8, 4) is 5.69 Å². The molecule has 0 radical (unpaired) electrons. The summed E-state index contributed by atoms with van der Waals surface area (Å²) >= 11 is 1.19. The molecular formula is C16H15FN2O2S2. The van der Waals surface area contributed by atoms with E-state index in [1.165, 1.54) is 23.5 Å². The third-order valence-electron chi connectivity index (χ3n) is 3.35. The van der Waals surface area contributed by atoms with Gasteiger partial charge in [-0.05, 0) is 48.9 Å². The maximum absolute atomic E-state index is 14.0. The highest BCUT2D eigenvalue weighted by atomic mass is 32.2. The second kappa shape index (κ2) is 6.17. The molecule has 23 heavy (non-hydrogen) atoms. The molecule has 3 rings (SSSR count). The van der Waals surface area contributed by atoms with Crippen LogP contribution in [0.5, 0.6) is 0 Å². The number of nitrogens with zero attached hydrogens (tertiary/aromatic N) is 1. The molecule has 0 aliphatic heterocycles. The van der Waals surface area contributed by atoms with Crippen molar-refractivity contribution in [2.75, 3.05) is 4.72 Å². The zero-order chi connectivity index (χ0) is 16.4. The molecule has 0 spiro atoms. The standard InChI is InChI=1S/C16H15FN2O2S2/c1-2-13-6-8-16(22-13)23(20,21)18-15-11-12(5-7-14(15)17)19-9-3-4-10-19/h3-11,18H,2H2,1H3. The molecule has 2 heterocycles. The summed E-state index contributed by atoms with van der Waals surface area (Å²) in [5.41, 5.74) is 0.608. The van der Waals surface area contributed by atoms with Crippen molar-refractivity contribution in [1.82, 2.24) is 4.57 Å². The first-order chi connectivity index (χ1) is 11.0. The van der Waals surface area contributed by atoms with Crippen molar-refractivity contribution in [1.29, 1.82) is 0 Å². The molecule has 1 aromatic carbocycles. The van der Waals surface area contributed by atoms with Crippen LogP contribution >= 0.6 is 11.3 Å². The summed E-state index contributed by atoms with van der Waals surface area (Å²) in [5.74, 6) is -0.614. The lowest BCUT2D eigenvalue weighted by atomic mass is 10.2. The van der Waals surface area contributed by atoms with E-state index in [0.29, 0.717) is 5.69 Å². The van der Waals surface area contributed by atoms with Gasteiger partial charge in [0.15, 0.2) is 0 Å². The maximum atomic E-state index is 14.0. The number of anilines is 1. The van der Waals surface area contributed by atoms with Crippen LogP contribution in [0.15, 0.2) is 59.1 Å². The molecule has 0 saturated carbocycles. The van der Waals surface area contributed by atoms with Crippen molar-refractivity contribution in [3.63, 3.8) is 0 Å². The normalized spacial score (nSPS) is 11.6. The topological polar surface area (TPSA) is 51.1 Å². The van der Waals surface area contributed by atoms with Crippen LogP contribution in [0.2, 0.25) is 0 Å². The molecule has 0 atom stereocenters. The molecule has 1 N–H and O–H groups in total. The van der Waals surface area contributed by atoms with Gasteiger partial charge in [-0.15, -0.1) is 11.3 Å². The lowest BCUT2D eigenvalue weighted by molar-refractivity contribution is 0.600. The zero-order valence-electron chi connectivity index (χ0n) is 12.4. The second-order valence-electron chi connectivity index (χ2n) is 4.93. The number of rotatable bonds is 5. The molecule has 2 aromatic heterocycles. The molecule has 0 bridgehead atoms. The van der Waals surface area contributed by atoms with Gasteiger partial charge in [0.2, 0.25) is 0 Å². The molecule has 0 aliphatic rings. The third kappa shape index (κ3) is 3.30. The third-order valence-corrected chi connectivity index (χ3v) is 6.43. The average Bonchev–Trinajstić information content (AvgIpc) is 3.20. The van der Waals surface area contributed by atoms with Crippen LogP contribution in [0.25, 0.3) is 5.69 Å². The monoisotopic (exact) mass is 350 g/mol. The van der Waals surface area contributed by atoms with E-state index in [-0.39, 0.29) is 9.90 Å². The summed E-state index contributed by atoms with van der Waals surface area (Å²) in [6, 6.07) is 11.3. The Hall–Kier alpha value is -2.12. The van der Waals surface area contributed by atoms with Crippen molar-refractivity contribution < 1.29 is 12.8 Å². The van der Waals surface area contributed by atoms with Gasteiger partial charge in [0, 0.05) is 23.0 Å². The lowest BCUT2D eigenvalue weighted by Gasteiger charge is -2.10. The predicted molar refractivity (Wildman–Crippen MR) is 90.2 cm³/mol. The Kier molecular flexibility index (Phi) is 4.23. The van der Waals surface area contributed by atoms with E-state index in [0.717, 1.165) is 11.3 Å². The van der Waals surface area contributed by atoms with Gasteiger partial charge in [0.25, 0.3) is 10.0 Å². The highest BCUT2D eigenvalue weighted by Crippen LogP contribution is 2.26. The van der Waals surface area contributed by atoms with E-state index >= 15 is 0 Å². The summed E-state index contributed by atoms with van der Waals surface area (Å²) in [4.78, 5) is 0.965. The Morgan fingerprint density at radius 1 is 1.17 bits per heavy atom. The average molecular weight is 350 g/mol. The van der Waals surface area contributed by atoms with E-state index in [9.17, 15) is 12.8 Å². The number of benzene rings is 1. The van der Waals surface area contributed by atoms with Gasteiger partial charge in [-0.2, -0.15) is 0 Å².